The average molecular weight is 245 g/mol. The summed E-state index contributed by atoms with van der Waals surface area (Å²) in [6.07, 6.45) is 0. The molecule has 0 aliphatic carbocycles. The first-order chi connectivity index (χ1) is 7.67. The minimum absolute atomic E-state index is 0.154. The van der Waals surface area contributed by atoms with Crippen LogP contribution in [0.4, 0.5) is 0 Å². The number of nitrogens with zero attached hydrogens (tertiary/aromatic N) is 2. The van der Waals surface area contributed by atoms with Gasteiger partial charge in [0.05, 0.1) is 12.4 Å². The Kier molecular flexibility index (Phi) is 4.77. The minimum atomic E-state index is -0.665. The number of rotatable bonds is 5. The fourth-order valence-corrected chi connectivity index (χ4v) is 1.38. The monoisotopic (exact) mass is 245 g/mol. The number of thioether (sulfide) groups is 1. The predicted molar refractivity (Wildman–Crippen MR) is 55.0 cm³/mol. The topological polar surface area (TPSA) is 94.3 Å². The molecule has 1 amide bonds. The molecular formula is C8H11N3O4S. The number of hydrogen-bond donors (Lipinski definition) is 1. The SMILES string of the molecule is CCOC(=O)c1nnc(SCC(=O)NC)o1. The lowest BCUT2D eigenvalue weighted by atomic mass is 10.7. The summed E-state index contributed by atoms with van der Waals surface area (Å²) in [6, 6.07) is 0. The molecule has 1 aromatic rings. The first-order valence-electron chi connectivity index (χ1n) is 4.51. The molecule has 0 aromatic carbocycles. The zero-order valence-corrected chi connectivity index (χ0v) is 9.67. The van der Waals surface area contributed by atoms with Gasteiger partial charge in [-0.2, -0.15) is 0 Å². The van der Waals surface area contributed by atoms with E-state index in [4.69, 9.17) is 4.42 Å². The van der Waals surface area contributed by atoms with Crippen molar-refractivity contribution < 1.29 is 18.7 Å². The number of hydrogen-bond acceptors (Lipinski definition) is 7. The van der Waals surface area contributed by atoms with E-state index < -0.39 is 5.97 Å². The molecule has 0 saturated carbocycles. The molecule has 1 heterocycles. The second-order valence-corrected chi connectivity index (χ2v) is 3.48. The maximum Gasteiger partial charge on any atom is 0.396 e. The van der Waals surface area contributed by atoms with Gasteiger partial charge in [-0.25, -0.2) is 4.79 Å². The van der Waals surface area contributed by atoms with Gasteiger partial charge >= 0.3 is 11.9 Å². The predicted octanol–water partition coefficient (Wildman–Crippen LogP) is 0.0844. The van der Waals surface area contributed by atoms with Crippen LogP contribution in [0.2, 0.25) is 0 Å². The molecule has 1 N–H and O–H groups in total. The molecule has 0 spiro atoms. The lowest BCUT2D eigenvalue weighted by Crippen LogP contribution is -2.19. The van der Waals surface area contributed by atoms with Crippen molar-refractivity contribution in [2.75, 3.05) is 19.4 Å². The van der Waals surface area contributed by atoms with Crippen molar-refractivity contribution in [3.05, 3.63) is 5.89 Å². The highest BCUT2D eigenvalue weighted by atomic mass is 32.2. The molecule has 88 valence electrons. The molecular weight excluding hydrogens is 234 g/mol. The Bertz CT molecular complexity index is 379. The van der Waals surface area contributed by atoms with E-state index in [1.807, 2.05) is 0 Å². The summed E-state index contributed by atoms with van der Waals surface area (Å²) in [7, 11) is 1.53. The first-order valence-corrected chi connectivity index (χ1v) is 5.50. The molecule has 8 heteroatoms. The van der Waals surface area contributed by atoms with Gasteiger partial charge in [0.2, 0.25) is 5.91 Å². The molecule has 0 unspecified atom stereocenters. The van der Waals surface area contributed by atoms with Gasteiger partial charge in [0.15, 0.2) is 0 Å². The van der Waals surface area contributed by atoms with Crippen molar-refractivity contribution in [2.24, 2.45) is 0 Å². The minimum Gasteiger partial charge on any atom is -0.459 e. The lowest BCUT2D eigenvalue weighted by Gasteiger charge is -1.95. The average Bonchev–Trinajstić information content (AvgIpc) is 2.75. The Morgan fingerprint density at radius 2 is 2.25 bits per heavy atom. The quantitative estimate of drug-likeness (QED) is 0.580. The van der Waals surface area contributed by atoms with Crippen LogP contribution in [0.5, 0.6) is 0 Å². The van der Waals surface area contributed by atoms with E-state index in [0.29, 0.717) is 0 Å². The zero-order valence-electron chi connectivity index (χ0n) is 8.85. The number of esters is 1. The Balaban J connectivity index is 2.51. The molecule has 1 rings (SSSR count). The number of aromatic nitrogens is 2. The molecule has 7 nitrogen and oxygen atoms in total. The molecule has 0 atom stereocenters. The third-order valence-corrected chi connectivity index (χ3v) is 2.28. The van der Waals surface area contributed by atoms with Crippen molar-refractivity contribution in [1.29, 1.82) is 0 Å². The van der Waals surface area contributed by atoms with Crippen molar-refractivity contribution in [1.82, 2.24) is 15.5 Å². The van der Waals surface area contributed by atoms with E-state index >= 15 is 0 Å². The Hall–Kier alpha value is -1.57. The van der Waals surface area contributed by atoms with Gasteiger partial charge in [0, 0.05) is 7.05 Å². The summed E-state index contributed by atoms with van der Waals surface area (Å²) >= 11 is 1.05. The molecule has 0 saturated heterocycles. The van der Waals surface area contributed by atoms with Crippen LogP contribution in [0, 0.1) is 0 Å². The third-order valence-electron chi connectivity index (χ3n) is 1.46. The van der Waals surface area contributed by atoms with Crippen LogP contribution in [0.15, 0.2) is 9.64 Å². The Labute approximate surface area is 95.9 Å². The van der Waals surface area contributed by atoms with Crippen LogP contribution in [-0.4, -0.2) is 41.5 Å². The van der Waals surface area contributed by atoms with Crippen LogP contribution >= 0.6 is 11.8 Å². The van der Waals surface area contributed by atoms with Gasteiger partial charge in [0.1, 0.15) is 0 Å². The van der Waals surface area contributed by atoms with Gasteiger partial charge in [0.25, 0.3) is 5.22 Å². The van der Waals surface area contributed by atoms with Crippen LogP contribution in [-0.2, 0) is 9.53 Å². The molecule has 0 radical (unpaired) electrons. The van der Waals surface area contributed by atoms with Gasteiger partial charge in [-0.1, -0.05) is 16.9 Å². The Morgan fingerprint density at radius 3 is 2.88 bits per heavy atom. The summed E-state index contributed by atoms with van der Waals surface area (Å²) < 4.78 is 9.64. The summed E-state index contributed by atoms with van der Waals surface area (Å²) in [4.78, 5) is 22.1. The number of amides is 1. The molecule has 0 bridgehead atoms. The van der Waals surface area contributed by atoms with Gasteiger partial charge in [-0.05, 0) is 6.92 Å². The zero-order chi connectivity index (χ0) is 12.0. The van der Waals surface area contributed by atoms with Crippen molar-refractivity contribution in [3.8, 4) is 0 Å². The maximum absolute atomic E-state index is 11.1. The summed E-state index contributed by atoms with van der Waals surface area (Å²) in [5, 5.41) is 9.69. The van der Waals surface area contributed by atoms with Crippen LogP contribution < -0.4 is 5.32 Å². The number of carbonyl (C=O) groups excluding carboxylic acids is 2. The standard InChI is InChI=1S/C8H11N3O4S/c1-3-14-7(13)6-10-11-8(15-6)16-4-5(12)9-2/h3-4H2,1-2H3,(H,9,12). The fourth-order valence-electron chi connectivity index (χ4n) is 0.743. The summed E-state index contributed by atoms with van der Waals surface area (Å²) in [5.74, 6) is -0.884. The molecule has 0 aliphatic heterocycles. The normalized spacial score (nSPS) is 9.88. The number of nitrogens with one attached hydrogen (secondary N) is 1. The molecule has 0 aliphatic rings. The second kappa shape index (κ2) is 6.11. The van der Waals surface area contributed by atoms with Crippen molar-refractivity contribution in [2.45, 2.75) is 12.1 Å². The first kappa shape index (κ1) is 12.5. The smallest absolute Gasteiger partial charge is 0.396 e. The van der Waals surface area contributed by atoms with E-state index in [9.17, 15) is 9.59 Å². The second-order valence-electron chi connectivity index (χ2n) is 2.56. The van der Waals surface area contributed by atoms with E-state index in [1.165, 1.54) is 7.05 Å². The van der Waals surface area contributed by atoms with Crippen molar-refractivity contribution in [3.63, 3.8) is 0 Å². The summed E-state index contributed by atoms with van der Waals surface area (Å²) in [5.41, 5.74) is 0. The lowest BCUT2D eigenvalue weighted by molar-refractivity contribution is -0.118. The molecule has 16 heavy (non-hydrogen) atoms. The van der Waals surface area contributed by atoms with Gasteiger partial charge in [-0.15, -0.1) is 5.10 Å². The van der Waals surface area contributed by atoms with E-state index in [1.54, 1.807) is 6.92 Å². The third kappa shape index (κ3) is 3.54. The Morgan fingerprint density at radius 1 is 1.50 bits per heavy atom. The van der Waals surface area contributed by atoms with E-state index in [0.717, 1.165) is 11.8 Å². The number of carbonyl (C=O) groups is 2. The number of ether oxygens (including phenoxy) is 1. The highest BCUT2D eigenvalue weighted by Gasteiger charge is 2.16. The van der Waals surface area contributed by atoms with E-state index in [2.05, 4.69) is 20.3 Å². The largest absolute Gasteiger partial charge is 0.459 e. The van der Waals surface area contributed by atoms with Crippen LogP contribution in [0.1, 0.15) is 17.6 Å². The van der Waals surface area contributed by atoms with Crippen molar-refractivity contribution >= 4 is 23.6 Å². The fraction of sp³-hybridized carbons (Fsp3) is 0.500. The highest BCUT2D eigenvalue weighted by molar-refractivity contribution is 7.99. The van der Waals surface area contributed by atoms with Crippen LogP contribution in [0.3, 0.4) is 0 Å². The molecule has 1 aromatic heterocycles. The maximum atomic E-state index is 11.1. The summed E-state index contributed by atoms with van der Waals surface area (Å²) in [6.45, 7) is 1.91. The van der Waals surface area contributed by atoms with E-state index in [-0.39, 0.29) is 29.4 Å². The highest BCUT2D eigenvalue weighted by Crippen LogP contribution is 2.15. The van der Waals surface area contributed by atoms with Gasteiger partial charge in [-0.3, -0.25) is 4.79 Å². The molecule has 0 fully saturated rings. The van der Waals surface area contributed by atoms with Crippen LogP contribution in [0.25, 0.3) is 0 Å². The van der Waals surface area contributed by atoms with Gasteiger partial charge < -0.3 is 14.5 Å².